The molecule has 1 aliphatic rings. The third kappa shape index (κ3) is 1.59. The maximum absolute atomic E-state index is 4.72. The summed E-state index contributed by atoms with van der Waals surface area (Å²) >= 11 is 0. The highest BCUT2D eigenvalue weighted by atomic mass is 15.3. The molecule has 1 unspecified atom stereocenters. The van der Waals surface area contributed by atoms with Gasteiger partial charge in [-0.1, -0.05) is 6.92 Å². The maximum Gasteiger partial charge on any atom is 0.0672 e. The van der Waals surface area contributed by atoms with E-state index in [0.29, 0.717) is 12.1 Å². The van der Waals surface area contributed by atoms with Gasteiger partial charge < -0.3 is 5.32 Å². The standard InChI is InChI=1S/C12H21N3/c1-5-9-12-10(13-4)6-7-11(12)15(14-9)8(2)3/h8,10,13H,5-7H2,1-4H3. The molecule has 15 heavy (non-hydrogen) atoms. The molecule has 1 aromatic rings. The minimum Gasteiger partial charge on any atom is -0.313 e. The van der Waals surface area contributed by atoms with Crippen LogP contribution in [0, 0.1) is 0 Å². The Morgan fingerprint density at radius 3 is 2.80 bits per heavy atom. The molecule has 84 valence electrons. The highest BCUT2D eigenvalue weighted by Gasteiger charge is 2.29. The van der Waals surface area contributed by atoms with Crippen LogP contribution in [0.1, 0.15) is 56.2 Å². The Labute approximate surface area is 91.9 Å². The first-order chi connectivity index (χ1) is 7.19. The molecule has 1 aromatic heterocycles. The molecule has 3 heteroatoms. The topological polar surface area (TPSA) is 29.9 Å². The van der Waals surface area contributed by atoms with E-state index in [1.165, 1.54) is 29.8 Å². The Morgan fingerprint density at radius 1 is 1.53 bits per heavy atom. The van der Waals surface area contributed by atoms with Crippen LogP contribution in [-0.2, 0) is 12.8 Å². The van der Waals surface area contributed by atoms with E-state index in [1.807, 2.05) is 7.05 Å². The van der Waals surface area contributed by atoms with Crippen LogP contribution in [0.3, 0.4) is 0 Å². The number of nitrogens with one attached hydrogen (secondary N) is 1. The lowest BCUT2D eigenvalue weighted by molar-refractivity contribution is 0.499. The van der Waals surface area contributed by atoms with Crippen LogP contribution >= 0.6 is 0 Å². The predicted octanol–water partition coefficient (Wildman–Crippen LogP) is 2.23. The molecule has 1 N–H and O–H groups in total. The predicted molar refractivity (Wildman–Crippen MR) is 62.1 cm³/mol. The second-order valence-electron chi connectivity index (χ2n) is 4.58. The molecule has 0 saturated heterocycles. The number of hydrogen-bond donors (Lipinski definition) is 1. The minimum absolute atomic E-state index is 0.481. The molecule has 0 bridgehead atoms. The van der Waals surface area contributed by atoms with E-state index >= 15 is 0 Å². The summed E-state index contributed by atoms with van der Waals surface area (Å²) in [4.78, 5) is 0. The van der Waals surface area contributed by atoms with Crippen LogP contribution in [0.25, 0.3) is 0 Å². The monoisotopic (exact) mass is 207 g/mol. The highest BCUT2D eigenvalue weighted by molar-refractivity contribution is 5.34. The van der Waals surface area contributed by atoms with Crippen LogP contribution in [0.2, 0.25) is 0 Å². The molecular weight excluding hydrogens is 186 g/mol. The average molecular weight is 207 g/mol. The zero-order valence-electron chi connectivity index (χ0n) is 10.2. The van der Waals surface area contributed by atoms with Crippen molar-refractivity contribution in [1.82, 2.24) is 15.1 Å². The molecule has 1 heterocycles. The molecular formula is C12H21N3. The Bertz CT molecular complexity index is 352. The molecule has 3 nitrogen and oxygen atoms in total. The maximum atomic E-state index is 4.72. The highest BCUT2D eigenvalue weighted by Crippen LogP contribution is 2.35. The van der Waals surface area contributed by atoms with Gasteiger partial charge in [-0.2, -0.15) is 5.10 Å². The van der Waals surface area contributed by atoms with Crippen LogP contribution < -0.4 is 5.32 Å². The van der Waals surface area contributed by atoms with E-state index in [2.05, 4.69) is 30.8 Å². The first-order valence-corrected chi connectivity index (χ1v) is 5.96. The van der Waals surface area contributed by atoms with E-state index in [9.17, 15) is 0 Å². The zero-order chi connectivity index (χ0) is 11.0. The Morgan fingerprint density at radius 2 is 2.27 bits per heavy atom. The lowest BCUT2D eigenvalue weighted by Gasteiger charge is -2.08. The quantitative estimate of drug-likeness (QED) is 0.823. The van der Waals surface area contributed by atoms with Gasteiger partial charge in [0.1, 0.15) is 0 Å². The van der Waals surface area contributed by atoms with Gasteiger partial charge in [-0.15, -0.1) is 0 Å². The molecule has 0 radical (unpaired) electrons. The van der Waals surface area contributed by atoms with Crippen molar-refractivity contribution in [1.29, 1.82) is 0 Å². The molecule has 0 spiro atoms. The van der Waals surface area contributed by atoms with E-state index in [0.717, 1.165) is 6.42 Å². The molecule has 0 fully saturated rings. The summed E-state index contributed by atoms with van der Waals surface area (Å²) in [6.07, 6.45) is 3.44. The number of aryl methyl sites for hydroxylation is 1. The largest absolute Gasteiger partial charge is 0.313 e. The van der Waals surface area contributed by atoms with Crippen molar-refractivity contribution in [3.05, 3.63) is 17.0 Å². The van der Waals surface area contributed by atoms with Gasteiger partial charge in [0.15, 0.2) is 0 Å². The summed E-state index contributed by atoms with van der Waals surface area (Å²) in [6.45, 7) is 6.61. The fraction of sp³-hybridized carbons (Fsp3) is 0.750. The Kier molecular flexibility index (Phi) is 2.83. The third-order valence-corrected chi connectivity index (χ3v) is 3.32. The van der Waals surface area contributed by atoms with E-state index in [-0.39, 0.29) is 0 Å². The first kappa shape index (κ1) is 10.7. The van der Waals surface area contributed by atoms with Gasteiger partial charge in [0.25, 0.3) is 0 Å². The summed E-state index contributed by atoms with van der Waals surface area (Å²) in [7, 11) is 2.05. The van der Waals surface area contributed by atoms with Crippen molar-refractivity contribution in [3.63, 3.8) is 0 Å². The normalized spacial score (nSPS) is 19.9. The van der Waals surface area contributed by atoms with Gasteiger partial charge in [-0.25, -0.2) is 0 Å². The lowest BCUT2D eigenvalue weighted by Crippen LogP contribution is -2.14. The SMILES string of the molecule is CCc1nn(C(C)C)c2c1C(NC)CC2. The van der Waals surface area contributed by atoms with Crippen LogP contribution in [0.5, 0.6) is 0 Å². The summed E-state index contributed by atoms with van der Waals surface area (Å²) in [5.41, 5.74) is 4.23. The summed E-state index contributed by atoms with van der Waals surface area (Å²) < 4.78 is 2.21. The molecule has 0 amide bonds. The summed E-state index contributed by atoms with van der Waals surface area (Å²) in [6, 6.07) is 1.01. The Balaban J connectivity index is 2.48. The number of rotatable bonds is 3. The van der Waals surface area contributed by atoms with Gasteiger partial charge in [-0.3, -0.25) is 4.68 Å². The molecule has 2 rings (SSSR count). The minimum atomic E-state index is 0.481. The van der Waals surface area contributed by atoms with Crippen LogP contribution in [0.15, 0.2) is 0 Å². The van der Waals surface area contributed by atoms with E-state index in [4.69, 9.17) is 5.10 Å². The van der Waals surface area contributed by atoms with Gasteiger partial charge in [0.2, 0.25) is 0 Å². The van der Waals surface area contributed by atoms with Gasteiger partial charge in [-0.05, 0) is 40.2 Å². The van der Waals surface area contributed by atoms with Crippen molar-refractivity contribution in [2.75, 3.05) is 7.05 Å². The molecule has 0 saturated carbocycles. The van der Waals surface area contributed by atoms with E-state index in [1.54, 1.807) is 0 Å². The van der Waals surface area contributed by atoms with Crippen molar-refractivity contribution < 1.29 is 0 Å². The van der Waals surface area contributed by atoms with Crippen LogP contribution in [0.4, 0.5) is 0 Å². The number of fused-ring (bicyclic) bond motifs is 1. The number of aromatic nitrogens is 2. The third-order valence-electron chi connectivity index (χ3n) is 3.32. The summed E-state index contributed by atoms with van der Waals surface area (Å²) in [5.74, 6) is 0. The number of hydrogen-bond acceptors (Lipinski definition) is 2. The average Bonchev–Trinajstić information content (AvgIpc) is 2.75. The van der Waals surface area contributed by atoms with Crippen molar-refractivity contribution >= 4 is 0 Å². The van der Waals surface area contributed by atoms with Crippen molar-refractivity contribution in [2.45, 2.75) is 52.1 Å². The van der Waals surface area contributed by atoms with Gasteiger partial charge in [0.05, 0.1) is 5.69 Å². The smallest absolute Gasteiger partial charge is 0.0672 e. The number of nitrogens with zero attached hydrogens (tertiary/aromatic N) is 2. The first-order valence-electron chi connectivity index (χ1n) is 5.96. The van der Waals surface area contributed by atoms with Crippen LogP contribution in [-0.4, -0.2) is 16.8 Å². The van der Waals surface area contributed by atoms with Crippen molar-refractivity contribution in [2.24, 2.45) is 0 Å². The van der Waals surface area contributed by atoms with E-state index < -0.39 is 0 Å². The molecule has 1 aliphatic carbocycles. The lowest BCUT2D eigenvalue weighted by atomic mass is 10.1. The fourth-order valence-electron chi connectivity index (χ4n) is 2.59. The Hall–Kier alpha value is -0.830. The second kappa shape index (κ2) is 3.97. The molecule has 1 atom stereocenters. The summed E-state index contributed by atoms with van der Waals surface area (Å²) in [5, 5.41) is 8.12. The van der Waals surface area contributed by atoms with Gasteiger partial charge >= 0.3 is 0 Å². The van der Waals surface area contributed by atoms with Crippen molar-refractivity contribution in [3.8, 4) is 0 Å². The zero-order valence-corrected chi connectivity index (χ0v) is 10.2. The fourth-order valence-corrected chi connectivity index (χ4v) is 2.59. The second-order valence-corrected chi connectivity index (χ2v) is 4.58. The molecule has 0 aliphatic heterocycles. The van der Waals surface area contributed by atoms with Gasteiger partial charge in [0, 0.05) is 23.3 Å². The molecule has 0 aromatic carbocycles.